The molecule has 2 aromatic heterocycles. The Bertz CT molecular complexity index is 818. The van der Waals surface area contributed by atoms with Crippen LogP contribution in [0.4, 0.5) is 0 Å². The molecule has 0 amide bonds. The van der Waals surface area contributed by atoms with E-state index in [0.29, 0.717) is 5.56 Å². The molecule has 0 aliphatic heterocycles. The SMILES string of the molecule is CC(=O)c1ccc2nc(C)cc(-c3cnn(C)c3)c2c1. The molecule has 0 saturated heterocycles. The molecule has 0 fully saturated rings. The van der Waals surface area contributed by atoms with Crippen molar-refractivity contribution in [1.82, 2.24) is 14.8 Å². The number of hydrogen-bond acceptors (Lipinski definition) is 3. The second-order valence-electron chi connectivity index (χ2n) is 5.00. The summed E-state index contributed by atoms with van der Waals surface area (Å²) < 4.78 is 1.77. The Balaban J connectivity index is 2.33. The number of hydrogen-bond donors (Lipinski definition) is 0. The monoisotopic (exact) mass is 265 g/mol. The Morgan fingerprint density at radius 3 is 2.70 bits per heavy atom. The van der Waals surface area contributed by atoms with Gasteiger partial charge in [-0.1, -0.05) is 0 Å². The lowest BCUT2D eigenvalue weighted by Gasteiger charge is -2.07. The number of Topliss-reactive ketones (excluding diaryl/α,β-unsaturated/α-hetero) is 1. The van der Waals surface area contributed by atoms with Gasteiger partial charge in [-0.15, -0.1) is 0 Å². The van der Waals surface area contributed by atoms with Crippen LogP contribution < -0.4 is 0 Å². The van der Waals surface area contributed by atoms with Crippen LogP contribution in [0.3, 0.4) is 0 Å². The van der Waals surface area contributed by atoms with E-state index in [-0.39, 0.29) is 5.78 Å². The number of benzene rings is 1. The summed E-state index contributed by atoms with van der Waals surface area (Å²) in [5, 5.41) is 5.20. The molecule has 4 nitrogen and oxygen atoms in total. The summed E-state index contributed by atoms with van der Waals surface area (Å²) in [5.41, 5.74) is 4.64. The fourth-order valence-corrected chi connectivity index (χ4v) is 2.38. The van der Waals surface area contributed by atoms with E-state index in [1.54, 1.807) is 11.6 Å². The molecule has 20 heavy (non-hydrogen) atoms. The Kier molecular flexibility index (Phi) is 2.86. The van der Waals surface area contributed by atoms with Crippen LogP contribution in [0.1, 0.15) is 23.0 Å². The summed E-state index contributed by atoms with van der Waals surface area (Å²) in [6.07, 6.45) is 3.79. The third-order valence-corrected chi connectivity index (χ3v) is 3.36. The molecule has 0 aliphatic carbocycles. The minimum Gasteiger partial charge on any atom is -0.295 e. The number of aryl methyl sites for hydroxylation is 2. The summed E-state index contributed by atoms with van der Waals surface area (Å²) in [6.45, 7) is 3.55. The first-order valence-electron chi connectivity index (χ1n) is 6.46. The second kappa shape index (κ2) is 4.56. The number of aromatic nitrogens is 3. The predicted molar refractivity (Wildman–Crippen MR) is 78.7 cm³/mol. The quantitative estimate of drug-likeness (QED) is 0.669. The lowest BCUT2D eigenvalue weighted by molar-refractivity contribution is 0.101. The summed E-state index contributed by atoms with van der Waals surface area (Å²) in [7, 11) is 1.89. The van der Waals surface area contributed by atoms with Crippen LogP contribution in [-0.4, -0.2) is 20.5 Å². The van der Waals surface area contributed by atoms with Crippen LogP contribution in [0.25, 0.3) is 22.0 Å². The maximum absolute atomic E-state index is 11.6. The lowest BCUT2D eigenvalue weighted by atomic mass is 10.00. The molecule has 0 bridgehead atoms. The molecule has 2 heterocycles. The van der Waals surface area contributed by atoms with Crippen molar-refractivity contribution in [2.45, 2.75) is 13.8 Å². The zero-order valence-corrected chi connectivity index (χ0v) is 11.7. The van der Waals surface area contributed by atoms with Crippen molar-refractivity contribution in [2.24, 2.45) is 7.05 Å². The van der Waals surface area contributed by atoms with Crippen LogP contribution >= 0.6 is 0 Å². The van der Waals surface area contributed by atoms with Gasteiger partial charge in [0.05, 0.1) is 11.7 Å². The maximum Gasteiger partial charge on any atom is 0.159 e. The van der Waals surface area contributed by atoms with E-state index < -0.39 is 0 Å². The molecule has 0 radical (unpaired) electrons. The number of nitrogens with zero attached hydrogens (tertiary/aromatic N) is 3. The van der Waals surface area contributed by atoms with Gasteiger partial charge in [0.25, 0.3) is 0 Å². The largest absolute Gasteiger partial charge is 0.295 e. The highest BCUT2D eigenvalue weighted by Gasteiger charge is 2.10. The zero-order valence-electron chi connectivity index (χ0n) is 11.7. The summed E-state index contributed by atoms with van der Waals surface area (Å²) in [5.74, 6) is 0.0598. The van der Waals surface area contributed by atoms with Crippen molar-refractivity contribution in [3.8, 4) is 11.1 Å². The first-order chi connectivity index (χ1) is 9.54. The molecular weight excluding hydrogens is 250 g/mol. The molecule has 4 heteroatoms. The van der Waals surface area contributed by atoms with E-state index in [1.165, 1.54) is 0 Å². The van der Waals surface area contributed by atoms with Crippen molar-refractivity contribution in [1.29, 1.82) is 0 Å². The maximum atomic E-state index is 11.6. The van der Waals surface area contributed by atoms with Crippen LogP contribution in [0.2, 0.25) is 0 Å². The van der Waals surface area contributed by atoms with Gasteiger partial charge in [-0.25, -0.2) is 0 Å². The van der Waals surface area contributed by atoms with Crippen molar-refractivity contribution in [2.75, 3.05) is 0 Å². The highest BCUT2D eigenvalue weighted by molar-refractivity contribution is 6.02. The van der Waals surface area contributed by atoms with Crippen molar-refractivity contribution < 1.29 is 4.79 Å². The Morgan fingerprint density at radius 1 is 1.25 bits per heavy atom. The average Bonchev–Trinajstić information content (AvgIpc) is 2.83. The lowest BCUT2D eigenvalue weighted by Crippen LogP contribution is -1.94. The van der Waals surface area contributed by atoms with Crippen molar-refractivity contribution >= 4 is 16.7 Å². The van der Waals surface area contributed by atoms with Gasteiger partial charge >= 0.3 is 0 Å². The molecule has 0 unspecified atom stereocenters. The highest BCUT2D eigenvalue weighted by atomic mass is 16.1. The Morgan fingerprint density at radius 2 is 2.05 bits per heavy atom. The van der Waals surface area contributed by atoms with Gasteiger partial charge in [0.1, 0.15) is 0 Å². The van der Waals surface area contributed by atoms with Gasteiger partial charge in [0.2, 0.25) is 0 Å². The number of pyridine rings is 1. The third-order valence-electron chi connectivity index (χ3n) is 3.36. The van der Waals surface area contributed by atoms with Crippen LogP contribution in [0, 0.1) is 6.92 Å². The van der Waals surface area contributed by atoms with Crippen molar-refractivity contribution in [3.05, 3.63) is 47.9 Å². The van der Waals surface area contributed by atoms with Gasteiger partial charge in [-0.05, 0) is 43.7 Å². The number of carbonyl (C=O) groups is 1. The predicted octanol–water partition coefficient (Wildman–Crippen LogP) is 3.15. The van der Waals surface area contributed by atoms with E-state index in [1.807, 2.05) is 50.6 Å². The molecule has 0 spiro atoms. The van der Waals surface area contributed by atoms with Crippen LogP contribution in [0.15, 0.2) is 36.7 Å². The smallest absolute Gasteiger partial charge is 0.159 e. The minimum atomic E-state index is 0.0598. The van der Waals surface area contributed by atoms with Gasteiger partial charge in [0, 0.05) is 35.5 Å². The molecule has 0 atom stereocenters. The third kappa shape index (κ3) is 2.09. The molecule has 0 N–H and O–H groups in total. The number of carbonyl (C=O) groups excluding carboxylic acids is 1. The molecule has 100 valence electrons. The fourth-order valence-electron chi connectivity index (χ4n) is 2.38. The first-order valence-corrected chi connectivity index (χ1v) is 6.46. The Labute approximate surface area is 117 Å². The number of ketones is 1. The first kappa shape index (κ1) is 12.5. The van der Waals surface area contributed by atoms with E-state index in [4.69, 9.17) is 0 Å². The number of fused-ring (bicyclic) bond motifs is 1. The van der Waals surface area contributed by atoms with E-state index in [2.05, 4.69) is 10.1 Å². The zero-order chi connectivity index (χ0) is 14.3. The van der Waals surface area contributed by atoms with Crippen LogP contribution in [-0.2, 0) is 7.05 Å². The fraction of sp³-hybridized carbons (Fsp3) is 0.188. The van der Waals surface area contributed by atoms with E-state index in [9.17, 15) is 4.79 Å². The average molecular weight is 265 g/mol. The van der Waals surface area contributed by atoms with Gasteiger partial charge < -0.3 is 0 Å². The molecule has 0 aliphatic rings. The molecule has 3 aromatic rings. The van der Waals surface area contributed by atoms with Crippen LogP contribution in [0.5, 0.6) is 0 Å². The summed E-state index contributed by atoms with van der Waals surface area (Å²) >= 11 is 0. The second-order valence-corrected chi connectivity index (χ2v) is 5.00. The highest BCUT2D eigenvalue weighted by Crippen LogP contribution is 2.29. The van der Waals surface area contributed by atoms with E-state index in [0.717, 1.165) is 27.7 Å². The number of rotatable bonds is 2. The topological polar surface area (TPSA) is 47.8 Å². The summed E-state index contributed by atoms with van der Waals surface area (Å²) in [6, 6.07) is 7.67. The normalized spacial score (nSPS) is 10.9. The standard InChI is InChI=1S/C16H15N3O/c1-10-6-14(13-8-17-19(3)9-13)15-7-12(11(2)20)4-5-16(15)18-10/h4-9H,1-3H3. The summed E-state index contributed by atoms with van der Waals surface area (Å²) in [4.78, 5) is 16.1. The molecule has 3 rings (SSSR count). The van der Waals surface area contributed by atoms with Gasteiger partial charge in [0.15, 0.2) is 5.78 Å². The molecule has 1 aromatic carbocycles. The van der Waals surface area contributed by atoms with Gasteiger partial charge in [-0.2, -0.15) is 5.10 Å². The Hall–Kier alpha value is -2.49. The van der Waals surface area contributed by atoms with Gasteiger partial charge in [-0.3, -0.25) is 14.5 Å². The van der Waals surface area contributed by atoms with Crippen molar-refractivity contribution in [3.63, 3.8) is 0 Å². The minimum absolute atomic E-state index is 0.0598. The van der Waals surface area contributed by atoms with E-state index >= 15 is 0 Å². The molecular formula is C16H15N3O. The molecule has 0 saturated carbocycles.